The van der Waals surface area contributed by atoms with E-state index in [4.69, 9.17) is 16.4 Å². The van der Waals surface area contributed by atoms with E-state index in [1.807, 2.05) is 18.2 Å². The van der Waals surface area contributed by atoms with Crippen molar-refractivity contribution >= 4 is 29.4 Å². The third-order valence-corrected chi connectivity index (χ3v) is 3.16. The molecule has 0 bridgehead atoms. The second kappa shape index (κ2) is 7.83. The molecule has 0 fully saturated rings. The summed E-state index contributed by atoms with van der Waals surface area (Å²) in [6, 6.07) is 12.1. The Hall–Kier alpha value is -2.54. The Morgan fingerprint density at radius 3 is 2.58 bits per heavy atom. The fraction of sp³-hybridized carbons (Fsp3) is 0.125. The number of nitrogens with one attached hydrogen (secondary N) is 1. The number of carbonyl (C=O) groups excluding carboxylic acids is 1. The normalized spacial score (nSPS) is 11.5. The molecular weight excluding hydrogens is 345 g/mol. The van der Waals surface area contributed by atoms with Gasteiger partial charge in [-0.2, -0.15) is 13.2 Å². The van der Waals surface area contributed by atoms with Gasteiger partial charge in [-0.1, -0.05) is 47.1 Å². The summed E-state index contributed by atoms with van der Waals surface area (Å²) < 4.78 is 38.2. The Bertz CT molecular complexity index is 734. The van der Waals surface area contributed by atoms with Crippen LogP contribution >= 0.6 is 11.6 Å². The third kappa shape index (κ3) is 5.27. The highest BCUT2D eigenvalue weighted by Crippen LogP contribution is 2.36. The Balaban J connectivity index is 1.90. The van der Waals surface area contributed by atoms with Crippen molar-refractivity contribution in [3.63, 3.8) is 0 Å². The van der Waals surface area contributed by atoms with Gasteiger partial charge >= 0.3 is 6.18 Å². The summed E-state index contributed by atoms with van der Waals surface area (Å²) >= 11 is 5.50. The number of carbonyl (C=O) groups is 1. The fourth-order valence-corrected chi connectivity index (χ4v) is 1.98. The average molecular weight is 357 g/mol. The lowest BCUT2D eigenvalue weighted by atomic mass is 10.2. The van der Waals surface area contributed by atoms with Gasteiger partial charge in [0.1, 0.15) is 0 Å². The summed E-state index contributed by atoms with van der Waals surface area (Å²) in [6.45, 7) is -0.437. The molecule has 0 aliphatic carbocycles. The molecule has 2 rings (SSSR count). The number of halogens is 4. The van der Waals surface area contributed by atoms with Crippen molar-refractivity contribution in [2.75, 3.05) is 11.9 Å². The van der Waals surface area contributed by atoms with Crippen molar-refractivity contribution in [1.29, 1.82) is 0 Å². The van der Waals surface area contributed by atoms with E-state index in [0.717, 1.165) is 17.7 Å². The van der Waals surface area contributed by atoms with Gasteiger partial charge in [-0.15, -0.1) is 0 Å². The fourth-order valence-electron chi connectivity index (χ4n) is 1.75. The van der Waals surface area contributed by atoms with Crippen LogP contribution in [-0.2, 0) is 15.8 Å². The standard InChI is InChI=1S/C16H12ClF3N2O2/c17-14-7-6-12(8-13(14)16(18,19)20)22-15(23)10-24-21-9-11-4-2-1-3-5-11/h1-9H,10H2,(H,22,23)/b21-9+. The van der Waals surface area contributed by atoms with E-state index in [9.17, 15) is 18.0 Å². The van der Waals surface area contributed by atoms with Gasteiger partial charge < -0.3 is 10.2 Å². The van der Waals surface area contributed by atoms with Crippen molar-refractivity contribution in [1.82, 2.24) is 0 Å². The Morgan fingerprint density at radius 2 is 1.92 bits per heavy atom. The number of alkyl halides is 3. The summed E-state index contributed by atoms with van der Waals surface area (Å²) in [5.41, 5.74) is -0.275. The number of rotatable bonds is 5. The van der Waals surface area contributed by atoms with Crippen molar-refractivity contribution in [2.24, 2.45) is 5.16 Å². The van der Waals surface area contributed by atoms with Crippen molar-refractivity contribution < 1.29 is 22.8 Å². The molecule has 2 aromatic rings. The zero-order valence-corrected chi connectivity index (χ0v) is 12.9. The number of benzene rings is 2. The minimum Gasteiger partial charge on any atom is -0.386 e. The molecule has 0 aliphatic heterocycles. The molecule has 0 spiro atoms. The highest BCUT2D eigenvalue weighted by Gasteiger charge is 2.33. The zero-order valence-electron chi connectivity index (χ0n) is 12.2. The summed E-state index contributed by atoms with van der Waals surface area (Å²) in [5, 5.41) is 5.45. The number of nitrogens with zero attached hydrogens (tertiary/aromatic N) is 1. The molecule has 0 radical (unpaired) electrons. The molecule has 1 N–H and O–H groups in total. The van der Waals surface area contributed by atoms with E-state index >= 15 is 0 Å². The van der Waals surface area contributed by atoms with E-state index < -0.39 is 29.3 Å². The lowest BCUT2D eigenvalue weighted by Crippen LogP contribution is -2.17. The molecule has 1 amide bonds. The van der Waals surface area contributed by atoms with Crippen LogP contribution in [0.25, 0.3) is 0 Å². The third-order valence-electron chi connectivity index (χ3n) is 2.83. The minimum absolute atomic E-state index is 0.0348. The van der Waals surface area contributed by atoms with Crippen LogP contribution in [-0.4, -0.2) is 18.7 Å². The van der Waals surface area contributed by atoms with E-state index in [1.165, 1.54) is 12.3 Å². The second-order valence-corrected chi connectivity index (χ2v) is 5.07. The number of amides is 1. The maximum atomic E-state index is 12.7. The van der Waals surface area contributed by atoms with Crippen molar-refractivity contribution in [3.05, 3.63) is 64.7 Å². The first kappa shape index (κ1) is 17.8. The van der Waals surface area contributed by atoms with Crippen LogP contribution in [0.1, 0.15) is 11.1 Å². The molecule has 0 saturated carbocycles. The number of hydrogen-bond donors (Lipinski definition) is 1. The van der Waals surface area contributed by atoms with E-state index in [0.29, 0.717) is 0 Å². The van der Waals surface area contributed by atoms with Crippen LogP contribution in [0.3, 0.4) is 0 Å². The lowest BCUT2D eigenvalue weighted by Gasteiger charge is -2.11. The molecule has 0 saturated heterocycles. The van der Waals surface area contributed by atoms with Crippen LogP contribution < -0.4 is 5.32 Å². The monoisotopic (exact) mass is 356 g/mol. The second-order valence-electron chi connectivity index (χ2n) is 4.66. The molecule has 0 atom stereocenters. The molecule has 4 nitrogen and oxygen atoms in total. The SMILES string of the molecule is O=C(CO/N=C/c1ccccc1)Nc1ccc(Cl)c(C(F)(F)F)c1. The summed E-state index contributed by atoms with van der Waals surface area (Å²) in [4.78, 5) is 16.4. The summed E-state index contributed by atoms with van der Waals surface area (Å²) in [7, 11) is 0. The van der Waals surface area contributed by atoms with Gasteiger partial charge in [0.15, 0.2) is 6.61 Å². The van der Waals surface area contributed by atoms with Crippen LogP contribution in [0.2, 0.25) is 5.02 Å². The van der Waals surface area contributed by atoms with Gasteiger partial charge in [0.05, 0.1) is 16.8 Å². The largest absolute Gasteiger partial charge is 0.417 e. The average Bonchev–Trinajstić information content (AvgIpc) is 2.53. The lowest BCUT2D eigenvalue weighted by molar-refractivity contribution is -0.137. The summed E-state index contributed by atoms with van der Waals surface area (Å²) in [6.07, 6.45) is -3.19. The molecular formula is C16H12ClF3N2O2. The molecule has 0 unspecified atom stereocenters. The van der Waals surface area contributed by atoms with Crippen molar-refractivity contribution in [3.8, 4) is 0 Å². The molecule has 0 aliphatic rings. The molecule has 126 valence electrons. The molecule has 24 heavy (non-hydrogen) atoms. The number of anilines is 1. The molecule has 8 heteroatoms. The smallest absolute Gasteiger partial charge is 0.386 e. The number of hydrogen-bond acceptors (Lipinski definition) is 3. The topological polar surface area (TPSA) is 50.7 Å². The van der Waals surface area contributed by atoms with E-state index in [2.05, 4.69) is 10.5 Å². The Morgan fingerprint density at radius 1 is 1.21 bits per heavy atom. The highest BCUT2D eigenvalue weighted by molar-refractivity contribution is 6.31. The molecule has 0 aromatic heterocycles. The van der Waals surface area contributed by atoms with Gasteiger partial charge in [-0.25, -0.2) is 0 Å². The maximum Gasteiger partial charge on any atom is 0.417 e. The predicted molar refractivity (Wildman–Crippen MR) is 85.1 cm³/mol. The van der Waals surface area contributed by atoms with Crippen LogP contribution in [0.4, 0.5) is 18.9 Å². The molecule has 0 heterocycles. The first-order chi connectivity index (χ1) is 11.4. The van der Waals surface area contributed by atoms with Gasteiger partial charge in [-0.05, 0) is 23.8 Å². The minimum atomic E-state index is -4.60. The Labute approximate surface area is 140 Å². The van der Waals surface area contributed by atoms with E-state index in [-0.39, 0.29) is 5.69 Å². The van der Waals surface area contributed by atoms with Gasteiger partial charge in [-0.3, -0.25) is 4.79 Å². The Kier molecular flexibility index (Phi) is 5.81. The summed E-state index contributed by atoms with van der Waals surface area (Å²) in [5.74, 6) is -0.643. The van der Waals surface area contributed by atoms with Gasteiger partial charge in [0, 0.05) is 5.69 Å². The first-order valence-corrected chi connectivity index (χ1v) is 7.11. The predicted octanol–water partition coefficient (Wildman–Crippen LogP) is 4.35. The van der Waals surface area contributed by atoms with Crippen LogP contribution in [0.15, 0.2) is 53.7 Å². The molecule has 2 aromatic carbocycles. The highest BCUT2D eigenvalue weighted by atomic mass is 35.5. The zero-order chi connectivity index (χ0) is 17.6. The quantitative estimate of drug-likeness (QED) is 0.639. The van der Waals surface area contributed by atoms with Gasteiger partial charge in [0.25, 0.3) is 5.91 Å². The van der Waals surface area contributed by atoms with Crippen LogP contribution in [0.5, 0.6) is 0 Å². The maximum absolute atomic E-state index is 12.7. The first-order valence-electron chi connectivity index (χ1n) is 6.73. The van der Waals surface area contributed by atoms with Crippen molar-refractivity contribution in [2.45, 2.75) is 6.18 Å². The van der Waals surface area contributed by atoms with Gasteiger partial charge in [0.2, 0.25) is 0 Å². The van der Waals surface area contributed by atoms with Crippen LogP contribution in [0, 0.1) is 0 Å². The van der Waals surface area contributed by atoms with E-state index in [1.54, 1.807) is 12.1 Å². The number of oxime groups is 1.